The second-order valence-electron chi connectivity index (χ2n) is 6.20. The van der Waals surface area contributed by atoms with Crippen LogP contribution >= 0.6 is 0 Å². The molecule has 1 aliphatic rings. The van der Waals surface area contributed by atoms with E-state index in [4.69, 9.17) is 9.47 Å². The van der Waals surface area contributed by atoms with E-state index in [1.807, 2.05) is 0 Å². The van der Waals surface area contributed by atoms with Gasteiger partial charge in [0.15, 0.2) is 6.61 Å². The van der Waals surface area contributed by atoms with Crippen molar-refractivity contribution >= 4 is 11.9 Å². The van der Waals surface area contributed by atoms with Crippen LogP contribution in [0.4, 0.5) is 0 Å². The Labute approximate surface area is 136 Å². The van der Waals surface area contributed by atoms with Crippen LogP contribution < -0.4 is 4.74 Å². The zero-order valence-corrected chi connectivity index (χ0v) is 13.7. The maximum Gasteiger partial charge on any atom is 0.342 e. The van der Waals surface area contributed by atoms with Crippen LogP contribution in [0.3, 0.4) is 0 Å². The fourth-order valence-corrected chi connectivity index (χ4v) is 2.97. The van der Waals surface area contributed by atoms with Gasteiger partial charge >= 0.3 is 5.97 Å². The lowest BCUT2D eigenvalue weighted by atomic mass is 9.92. The van der Waals surface area contributed by atoms with Gasteiger partial charge in [-0.3, -0.25) is 4.79 Å². The quantitative estimate of drug-likeness (QED) is 0.859. The molecule has 0 aromatic heterocycles. The molecule has 0 radical (unpaired) electrons. The Bertz CT molecular complexity index is 576. The number of carbonyl (C=O) groups excluding carboxylic acids is 2. The molecule has 126 valence electrons. The van der Waals surface area contributed by atoms with Crippen molar-refractivity contribution in [3.8, 4) is 11.5 Å². The summed E-state index contributed by atoms with van der Waals surface area (Å²) in [7, 11) is 1.46. The Morgan fingerprint density at radius 1 is 1.26 bits per heavy atom. The molecule has 1 amide bonds. The molecule has 1 heterocycles. The Morgan fingerprint density at radius 2 is 1.91 bits per heavy atom. The van der Waals surface area contributed by atoms with E-state index < -0.39 is 5.97 Å². The Balaban J connectivity index is 1.95. The maximum absolute atomic E-state index is 12.2. The fourth-order valence-electron chi connectivity index (χ4n) is 2.97. The molecule has 1 saturated heterocycles. The van der Waals surface area contributed by atoms with Crippen molar-refractivity contribution in [3.05, 3.63) is 23.8 Å². The van der Waals surface area contributed by atoms with Gasteiger partial charge in [-0.1, -0.05) is 13.8 Å². The lowest BCUT2D eigenvalue weighted by molar-refractivity contribution is -0.137. The van der Waals surface area contributed by atoms with E-state index >= 15 is 0 Å². The van der Waals surface area contributed by atoms with Gasteiger partial charge in [0.25, 0.3) is 5.91 Å². The van der Waals surface area contributed by atoms with Crippen LogP contribution in [0.15, 0.2) is 18.2 Å². The second kappa shape index (κ2) is 7.35. The predicted molar refractivity (Wildman–Crippen MR) is 84.5 cm³/mol. The number of phenols is 1. The molecule has 0 unspecified atom stereocenters. The number of nitrogens with zero attached hydrogens (tertiary/aromatic N) is 1. The van der Waals surface area contributed by atoms with Gasteiger partial charge in [0.2, 0.25) is 0 Å². The van der Waals surface area contributed by atoms with E-state index in [0.29, 0.717) is 30.7 Å². The van der Waals surface area contributed by atoms with Crippen LogP contribution in [0.1, 0.15) is 30.6 Å². The number of methoxy groups -OCH3 is 1. The molecule has 1 aromatic carbocycles. The second-order valence-corrected chi connectivity index (χ2v) is 6.20. The summed E-state index contributed by atoms with van der Waals surface area (Å²) in [6.45, 7) is 5.26. The summed E-state index contributed by atoms with van der Waals surface area (Å²) >= 11 is 0. The number of aromatic hydroxyl groups is 1. The first kappa shape index (κ1) is 17.1. The van der Waals surface area contributed by atoms with Gasteiger partial charge in [-0.15, -0.1) is 0 Å². The molecule has 23 heavy (non-hydrogen) atoms. The van der Waals surface area contributed by atoms with Gasteiger partial charge in [0.05, 0.1) is 7.11 Å². The summed E-state index contributed by atoms with van der Waals surface area (Å²) in [4.78, 5) is 26.0. The van der Waals surface area contributed by atoms with Crippen molar-refractivity contribution in [1.82, 2.24) is 4.90 Å². The number of rotatable bonds is 4. The van der Waals surface area contributed by atoms with Gasteiger partial charge in [-0.05, 0) is 36.5 Å². The minimum Gasteiger partial charge on any atom is -0.507 e. The number of hydrogen-bond donors (Lipinski definition) is 1. The van der Waals surface area contributed by atoms with E-state index in [9.17, 15) is 14.7 Å². The van der Waals surface area contributed by atoms with Crippen LogP contribution in [0.25, 0.3) is 0 Å². The molecule has 0 saturated carbocycles. The molecule has 0 spiro atoms. The van der Waals surface area contributed by atoms with Crippen LogP contribution in [0.2, 0.25) is 0 Å². The van der Waals surface area contributed by atoms with E-state index in [1.54, 1.807) is 4.90 Å². The highest BCUT2D eigenvalue weighted by Gasteiger charge is 2.26. The molecule has 1 N–H and O–H groups in total. The van der Waals surface area contributed by atoms with E-state index in [2.05, 4.69) is 13.8 Å². The number of hydrogen-bond acceptors (Lipinski definition) is 5. The van der Waals surface area contributed by atoms with Crippen molar-refractivity contribution in [1.29, 1.82) is 0 Å². The minimum atomic E-state index is -0.743. The van der Waals surface area contributed by atoms with Crippen molar-refractivity contribution < 1.29 is 24.2 Å². The monoisotopic (exact) mass is 321 g/mol. The molecular formula is C17H23NO5. The number of phenolic OH excluding ortho intramolecular Hbond substituents is 1. The van der Waals surface area contributed by atoms with E-state index in [-0.39, 0.29) is 23.8 Å². The third-order valence-electron chi connectivity index (χ3n) is 3.97. The van der Waals surface area contributed by atoms with Crippen LogP contribution in [-0.2, 0) is 9.53 Å². The number of carbonyl (C=O) groups is 2. The number of ether oxygens (including phenoxy) is 2. The Hall–Kier alpha value is -2.24. The molecule has 0 bridgehead atoms. The molecule has 6 nitrogen and oxygen atoms in total. The average molecular weight is 321 g/mol. The Morgan fingerprint density at radius 3 is 2.52 bits per heavy atom. The molecule has 2 atom stereocenters. The first-order valence-electron chi connectivity index (χ1n) is 7.72. The molecule has 2 rings (SSSR count). The van der Waals surface area contributed by atoms with Crippen LogP contribution in [0.5, 0.6) is 11.5 Å². The summed E-state index contributed by atoms with van der Waals surface area (Å²) in [5.74, 6) is 0.164. The highest BCUT2D eigenvalue weighted by molar-refractivity contribution is 5.94. The third-order valence-corrected chi connectivity index (χ3v) is 3.97. The van der Waals surface area contributed by atoms with Gasteiger partial charge in [0.1, 0.15) is 17.1 Å². The number of piperidine rings is 1. The summed E-state index contributed by atoms with van der Waals surface area (Å²) in [5.41, 5.74) is -0.0162. The zero-order valence-electron chi connectivity index (χ0n) is 13.7. The molecule has 0 aliphatic carbocycles. The lowest BCUT2D eigenvalue weighted by Crippen LogP contribution is -2.44. The summed E-state index contributed by atoms with van der Waals surface area (Å²) in [6, 6.07) is 4.27. The van der Waals surface area contributed by atoms with Crippen molar-refractivity contribution in [2.75, 3.05) is 26.8 Å². The first-order chi connectivity index (χ1) is 10.9. The largest absolute Gasteiger partial charge is 0.507 e. The SMILES string of the molecule is COc1ccc(O)c(C(=O)OCC(=O)N2C[C@H](C)C[C@H](C)C2)c1. The maximum atomic E-state index is 12.2. The average Bonchev–Trinajstić information content (AvgIpc) is 2.51. The van der Waals surface area contributed by atoms with Crippen LogP contribution in [0, 0.1) is 11.8 Å². The standard InChI is InChI=1S/C17H23NO5/c1-11-6-12(2)9-18(8-11)16(20)10-23-17(21)14-7-13(22-3)4-5-15(14)19/h4-5,7,11-12,19H,6,8-10H2,1-3H3/t11-,12+. The topological polar surface area (TPSA) is 76.1 Å². The van der Waals surface area contributed by atoms with Crippen molar-refractivity contribution in [2.24, 2.45) is 11.8 Å². The zero-order chi connectivity index (χ0) is 17.0. The highest BCUT2D eigenvalue weighted by Crippen LogP contribution is 2.24. The minimum absolute atomic E-state index is 0.0162. The van der Waals surface area contributed by atoms with Gasteiger partial charge < -0.3 is 19.5 Å². The fraction of sp³-hybridized carbons (Fsp3) is 0.529. The molecule has 6 heteroatoms. The van der Waals surface area contributed by atoms with Crippen LogP contribution in [-0.4, -0.2) is 48.7 Å². The van der Waals surface area contributed by atoms with Crippen molar-refractivity contribution in [3.63, 3.8) is 0 Å². The van der Waals surface area contributed by atoms with Gasteiger partial charge in [-0.2, -0.15) is 0 Å². The number of esters is 1. The summed E-state index contributed by atoms with van der Waals surface area (Å²) in [6.07, 6.45) is 1.10. The molecule has 1 aromatic rings. The summed E-state index contributed by atoms with van der Waals surface area (Å²) in [5, 5.41) is 9.73. The van der Waals surface area contributed by atoms with Crippen molar-refractivity contribution in [2.45, 2.75) is 20.3 Å². The number of likely N-dealkylation sites (tertiary alicyclic amines) is 1. The normalized spacial score (nSPS) is 20.9. The van der Waals surface area contributed by atoms with E-state index in [1.165, 1.54) is 25.3 Å². The first-order valence-corrected chi connectivity index (χ1v) is 7.72. The highest BCUT2D eigenvalue weighted by atomic mass is 16.5. The van der Waals surface area contributed by atoms with Gasteiger partial charge in [-0.25, -0.2) is 4.79 Å². The van der Waals surface area contributed by atoms with Gasteiger partial charge in [0, 0.05) is 13.1 Å². The Kier molecular flexibility index (Phi) is 5.47. The molecule has 1 fully saturated rings. The number of amides is 1. The van der Waals surface area contributed by atoms with E-state index in [0.717, 1.165) is 6.42 Å². The summed E-state index contributed by atoms with van der Waals surface area (Å²) < 4.78 is 10.1. The molecular weight excluding hydrogens is 298 g/mol. The predicted octanol–water partition coefficient (Wildman–Crippen LogP) is 2.06. The number of benzene rings is 1. The third kappa shape index (κ3) is 4.37. The lowest BCUT2D eigenvalue weighted by Gasteiger charge is -2.34. The molecule has 1 aliphatic heterocycles. The smallest absolute Gasteiger partial charge is 0.342 e.